The van der Waals surface area contributed by atoms with Crippen LogP contribution in [0.5, 0.6) is 0 Å². The lowest BCUT2D eigenvalue weighted by Crippen LogP contribution is -2.28. The van der Waals surface area contributed by atoms with Gasteiger partial charge < -0.3 is 0 Å². The van der Waals surface area contributed by atoms with Crippen LogP contribution in [0.3, 0.4) is 0 Å². The number of hydrogen-bond donors (Lipinski definition) is 0. The summed E-state index contributed by atoms with van der Waals surface area (Å²) in [5.74, 6) is -1.23. The van der Waals surface area contributed by atoms with E-state index in [-0.39, 0.29) is 11.8 Å². The number of halogens is 2. The van der Waals surface area contributed by atoms with E-state index in [2.05, 4.69) is 0 Å². The van der Waals surface area contributed by atoms with Crippen molar-refractivity contribution in [3.05, 3.63) is 35.4 Å². The summed E-state index contributed by atoms with van der Waals surface area (Å²) >= 11 is 0. The van der Waals surface area contributed by atoms with Gasteiger partial charge >= 0.3 is 0 Å². The van der Waals surface area contributed by atoms with Crippen molar-refractivity contribution in [2.45, 2.75) is 13.0 Å². The van der Waals surface area contributed by atoms with E-state index in [1.165, 1.54) is 12.1 Å². The molecule has 0 bridgehead atoms. The van der Waals surface area contributed by atoms with E-state index >= 15 is 0 Å². The molecular formula is C12H17F2NO2S. The molecule has 0 saturated carbocycles. The molecule has 3 nitrogen and oxygen atoms in total. The van der Waals surface area contributed by atoms with Crippen LogP contribution in [0.25, 0.3) is 0 Å². The highest BCUT2D eigenvalue weighted by Gasteiger charge is 2.17. The van der Waals surface area contributed by atoms with Gasteiger partial charge in [0.25, 0.3) is 0 Å². The lowest BCUT2D eigenvalue weighted by molar-refractivity contribution is 0.270. The first-order valence-corrected chi connectivity index (χ1v) is 7.59. The number of nitrogens with zero attached hydrogens (tertiary/aromatic N) is 1. The maximum absolute atomic E-state index is 13.6. The third kappa shape index (κ3) is 4.34. The smallest absolute Gasteiger partial charge is 0.148 e. The van der Waals surface area contributed by atoms with E-state index in [9.17, 15) is 17.2 Å². The number of sulfone groups is 1. The maximum Gasteiger partial charge on any atom is 0.148 e. The van der Waals surface area contributed by atoms with Crippen LogP contribution in [-0.2, 0) is 9.84 Å². The first-order chi connectivity index (χ1) is 8.20. The molecule has 1 aromatic carbocycles. The van der Waals surface area contributed by atoms with Gasteiger partial charge in [-0.1, -0.05) is 6.07 Å². The summed E-state index contributed by atoms with van der Waals surface area (Å²) in [6.07, 6.45) is 1.16. The van der Waals surface area contributed by atoms with Crippen LogP contribution in [0.4, 0.5) is 8.78 Å². The van der Waals surface area contributed by atoms with Crippen LogP contribution in [0, 0.1) is 11.6 Å². The van der Waals surface area contributed by atoms with Crippen molar-refractivity contribution < 1.29 is 17.2 Å². The fraction of sp³-hybridized carbons (Fsp3) is 0.500. The normalized spacial score (nSPS) is 13.9. The largest absolute Gasteiger partial charge is 0.299 e. The highest BCUT2D eigenvalue weighted by Crippen LogP contribution is 2.22. The third-order valence-corrected chi connectivity index (χ3v) is 3.81. The van der Waals surface area contributed by atoms with Crippen LogP contribution >= 0.6 is 0 Å². The molecular weight excluding hydrogens is 260 g/mol. The monoisotopic (exact) mass is 277 g/mol. The van der Waals surface area contributed by atoms with Crippen molar-refractivity contribution in [1.29, 1.82) is 0 Å². The second kappa shape index (κ2) is 5.75. The Morgan fingerprint density at radius 2 is 1.94 bits per heavy atom. The molecule has 0 N–H and O–H groups in total. The Morgan fingerprint density at radius 3 is 2.44 bits per heavy atom. The van der Waals surface area contributed by atoms with E-state index in [0.717, 1.165) is 12.3 Å². The molecule has 0 aliphatic heterocycles. The van der Waals surface area contributed by atoms with E-state index in [1.54, 1.807) is 18.9 Å². The Balaban J connectivity index is 2.77. The number of benzene rings is 1. The molecule has 1 atom stereocenters. The summed E-state index contributed by atoms with van der Waals surface area (Å²) in [5, 5.41) is 0. The van der Waals surface area contributed by atoms with Gasteiger partial charge in [-0.15, -0.1) is 0 Å². The first kappa shape index (κ1) is 15.0. The quantitative estimate of drug-likeness (QED) is 0.826. The van der Waals surface area contributed by atoms with Gasteiger partial charge in [-0.3, -0.25) is 4.90 Å². The molecule has 1 rings (SSSR count). The van der Waals surface area contributed by atoms with E-state index in [0.29, 0.717) is 12.1 Å². The van der Waals surface area contributed by atoms with Gasteiger partial charge in [0.1, 0.15) is 21.5 Å². The van der Waals surface area contributed by atoms with Crippen LogP contribution in [0.15, 0.2) is 18.2 Å². The van der Waals surface area contributed by atoms with Crippen molar-refractivity contribution in [3.63, 3.8) is 0 Å². The molecule has 0 spiro atoms. The van der Waals surface area contributed by atoms with E-state index in [4.69, 9.17) is 0 Å². The zero-order chi connectivity index (χ0) is 13.9. The molecule has 0 heterocycles. The molecule has 18 heavy (non-hydrogen) atoms. The Hall–Kier alpha value is -1.01. The SMILES string of the molecule is CC(c1ccc(F)cc1F)N(C)CCS(C)(=O)=O. The van der Waals surface area contributed by atoms with E-state index in [1.807, 2.05) is 0 Å². The van der Waals surface area contributed by atoms with E-state index < -0.39 is 21.5 Å². The Bertz CT molecular complexity index is 517. The van der Waals surface area contributed by atoms with Crippen molar-refractivity contribution >= 4 is 9.84 Å². The summed E-state index contributed by atoms with van der Waals surface area (Å²) < 4.78 is 48.4. The van der Waals surface area contributed by atoms with Crippen LogP contribution in [-0.4, -0.2) is 38.9 Å². The van der Waals surface area contributed by atoms with Crippen molar-refractivity contribution in [3.8, 4) is 0 Å². The van der Waals surface area contributed by atoms with Gasteiger partial charge in [-0.2, -0.15) is 0 Å². The van der Waals surface area contributed by atoms with Gasteiger partial charge in [-0.25, -0.2) is 17.2 Å². The molecule has 0 saturated heterocycles. The molecule has 0 fully saturated rings. The average molecular weight is 277 g/mol. The van der Waals surface area contributed by atoms with Gasteiger partial charge in [0.05, 0.1) is 5.75 Å². The van der Waals surface area contributed by atoms with Crippen molar-refractivity contribution in [2.24, 2.45) is 0 Å². The summed E-state index contributed by atoms with van der Waals surface area (Å²) in [7, 11) is -1.34. The maximum atomic E-state index is 13.6. The number of rotatable bonds is 5. The summed E-state index contributed by atoms with van der Waals surface area (Å²) in [4.78, 5) is 1.72. The zero-order valence-corrected chi connectivity index (χ0v) is 11.5. The van der Waals surface area contributed by atoms with Crippen molar-refractivity contribution in [1.82, 2.24) is 4.90 Å². The van der Waals surface area contributed by atoms with Gasteiger partial charge in [0, 0.05) is 30.5 Å². The minimum Gasteiger partial charge on any atom is -0.299 e. The predicted octanol–water partition coefficient (Wildman–Crippen LogP) is 2.00. The molecule has 0 aromatic heterocycles. The highest BCUT2D eigenvalue weighted by molar-refractivity contribution is 7.90. The molecule has 1 unspecified atom stereocenters. The lowest BCUT2D eigenvalue weighted by atomic mass is 10.1. The third-order valence-electron chi connectivity index (χ3n) is 2.89. The second-order valence-corrected chi connectivity index (χ2v) is 6.71. The second-order valence-electron chi connectivity index (χ2n) is 4.45. The highest BCUT2D eigenvalue weighted by atomic mass is 32.2. The minimum absolute atomic E-state index is 0.0106. The van der Waals surface area contributed by atoms with Crippen LogP contribution in [0.2, 0.25) is 0 Å². The molecule has 0 aliphatic rings. The average Bonchev–Trinajstić information content (AvgIpc) is 2.24. The zero-order valence-electron chi connectivity index (χ0n) is 10.7. The molecule has 102 valence electrons. The van der Waals surface area contributed by atoms with Crippen LogP contribution in [0.1, 0.15) is 18.5 Å². The summed E-state index contributed by atoms with van der Waals surface area (Å²) in [6, 6.07) is 3.09. The molecule has 0 radical (unpaired) electrons. The fourth-order valence-corrected chi connectivity index (χ4v) is 2.20. The standard InChI is InChI=1S/C12H17F2NO2S/c1-9(15(2)6-7-18(3,16)17)11-5-4-10(13)8-12(11)14/h4-5,8-9H,6-7H2,1-3H3. The topological polar surface area (TPSA) is 37.4 Å². The van der Waals surface area contributed by atoms with Gasteiger partial charge in [0.15, 0.2) is 0 Å². The molecule has 1 aromatic rings. The minimum atomic E-state index is -3.05. The molecule has 0 aliphatic carbocycles. The predicted molar refractivity (Wildman–Crippen MR) is 67.1 cm³/mol. The first-order valence-electron chi connectivity index (χ1n) is 5.53. The Morgan fingerprint density at radius 1 is 1.33 bits per heavy atom. The Labute approximate surface area is 106 Å². The van der Waals surface area contributed by atoms with Crippen LogP contribution < -0.4 is 0 Å². The fourth-order valence-electron chi connectivity index (χ4n) is 1.58. The molecule has 0 amide bonds. The van der Waals surface area contributed by atoms with Gasteiger partial charge in [0.2, 0.25) is 0 Å². The number of hydrogen-bond acceptors (Lipinski definition) is 3. The summed E-state index contributed by atoms with van der Waals surface area (Å²) in [5.41, 5.74) is 0.354. The summed E-state index contributed by atoms with van der Waals surface area (Å²) in [6.45, 7) is 2.05. The van der Waals surface area contributed by atoms with Gasteiger partial charge in [-0.05, 0) is 20.0 Å². The lowest BCUT2D eigenvalue weighted by Gasteiger charge is -2.25. The molecule has 6 heteroatoms. The van der Waals surface area contributed by atoms with Crippen molar-refractivity contribution in [2.75, 3.05) is 25.6 Å². The Kier molecular flexibility index (Phi) is 4.81.